The largest absolute Gasteiger partial charge is 0.273 e. The van der Waals surface area contributed by atoms with Gasteiger partial charge in [-0.2, -0.15) is 5.10 Å². The molecule has 0 saturated heterocycles. The average Bonchev–Trinajstić information content (AvgIpc) is 3.24. The summed E-state index contributed by atoms with van der Waals surface area (Å²) in [4.78, 5) is 17.4. The molecule has 1 atom stereocenters. The molecule has 3 aromatic carbocycles. The number of carbonyl (C=O) groups is 1. The van der Waals surface area contributed by atoms with Crippen LogP contribution in [0.1, 0.15) is 41.8 Å². The lowest BCUT2D eigenvalue weighted by Gasteiger charge is -2.20. The van der Waals surface area contributed by atoms with Crippen LogP contribution in [-0.2, 0) is 4.79 Å². The molecule has 0 saturated carbocycles. The van der Waals surface area contributed by atoms with Crippen LogP contribution in [0.25, 0.3) is 22.0 Å². The molecule has 1 aromatic heterocycles. The Balaban J connectivity index is 1.71. The average molecular weight is 420 g/mol. The number of benzene rings is 3. The van der Waals surface area contributed by atoms with Crippen molar-refractivity contribution in [3.05, 3.63) is 101 Å². The molecule has 4 heteroatoms. The van der Waals surface area contributed by atoms with Crippen LogP contribution < -0.4 is 0 Å². The van der Waals surface area contributed by atoms with Gasteiger partial charge in [-0.25, -0.2) is 5.01 Å². The zero-order chi connectivity index (χ0) is 22.2. The predicted octanol–water partition coefficient (Wildman–Crippen LogP) is 6.22. The van der Waals surface area contributed by atoms with Gasteiger partial charge in [-0.05, 0) is 31.0 Å². The molecule has 1 aliphatic heterocycles. The van der Waals surface area contributed by atoms with Crippen LogP contribution in [0.3, 0.4) is 0 Å². The summed E-state index contributed by atoms with van der Waals surface area (Å²) >= 11 is 0. The first kappa shape index (κ1) is 20.1. The van der Waals surface area contributed by atoms with Crippen LogP contribution in [0.2, 0.25) is 0 Å². The van der Waals surface area contributed by atoms with E-state index in [4.69, 9.17) is 10.1 Å². The second kappa shape index (κ2) is 8.04. The molecule has 1 amide bonds. The van der Waals surface area contributed by atoms with Crippen molar-refractivity contribution in [2.45, 2.75) is 33.2 Å². The molecule has 4 aromatic rings. The number of hydrogen-bond acceptors (Lipinski definition) is 3. The van der Waals surface area contributed by atoms with E-state index < -0.39 is 0 Å². The molecule has 0 aliphatic carbocycles. The third-order valence-electron chi connectivity index (χ3n) is 6.12. The summed E-state index contributed by atoms with van der Waals surface area (Å²) < 4.78 is 0. The van der Waals surface area contributed by atoms with E-state index in [1.165, 1.54) is 5.56 Å². The van der Waals surface area contributed by atoms with Gasteiger partial charge >= 0.3 is 0 Å². The van der Waals surface area contributed by atoms with Gasteiger partial charge < -0.3 is 0 Å². The second-order valence-corrected chi connectivity index (χ2v) is 8.37. The fraction of sp³-hybridized carbons (Fsp3) is 0.179. The first-order valence-electron chi connectivity index (χ1n) is 10.9. The molecule has 0 N–H and O–H groups in total. The van der Waals surface area contributed by atoms with Gasteiger partial charge in [-0.15, -0.1) is 0 Å². The molecule has 0 bridgehead atoms. The number of nitrogens with zero attached hydrogens (tertiary/aromatic N) is 3. The number of carbonyl (C=O) groups excluding carboxylic acids is 1. The number of aromatic nitrogens is 1. The van der Waals surface area contributed by atoms with Gasteiger partial charge in [0.05, 0.1) is 17.3 Å². The fourth-order valence-corrected chi connectivity index (χ4v) is 4.59. The Kier molecular flexibility index (Phi) is 5.06. The van der Waals surface area contributed by atoms with Crippen molar-refractivity contribution in [1.82, 2.24) is 9.99 Å². The Morgan fingerprint density at radius 2 is 1.56 bits per heavy atom. The van der Waals surface area contributed by atoms with Crippen molar-refractivity contribution >= 4 is 22.5 Å². The van der Waals surface area contributed by atoms with Crippen molar-refractivity contribution in [2.24, 2.45) is 5.10 Å². The van der Waals surface area contributed by atoms with E-state index in [0.29, 0.717) is 6.42 Å². The minimum Gasteiger partial charge on any atom is -0.273 e. The number of hydrazone groups is 1. The van der Waals surface area contributed by atoms with Gasteiger partial charge in [-0.1, -0.05) is 78.4 Å². The van der Waals surface area contributed by atoms with Gasteiger partial charge in [0.25, 0.3) is 0 Å². The highest BCUT2D eigenvalue weighted by Crippen LogP contribution is 2.39. The quantitative estimate of drug-likeness (QED) is 0.396. The molecule has 2 heterocycles. The molecule has 1 aliphatic rings. The highest BCUT2D eigenvalue weighted by molar-refractivity contribution is 6.13. The van der Waals surface area contributed by atoms with Crippen LogP contribution in [0.4, 0.5) is 0 Å². The van der Waals surface area contributed by atoms with Gasteiger partial charge in [0.15, 0.2) is 0 Å². The zero-order valence-corrected chi connectivity index (χ0v) is 18.5. The minimum atomic E-state index is -0.113. The maximum absolute atomic E-state index is 12.5. The minimum absolute atomic E-state index is 0.0572. The third-order valence-corrected chi connectivity index (χ3v) is 6.12. The summed E-state index contributed by atoms with van der Waals surface area (Å²) in [5, 5.41) is 7.57. The van der Waals surface area contributed by atoms with Crippen molar-refractivity contribution in [3.63, 3.8) is 0 Å². The first-order valence-corrected chi connectivity index (χ1v) is 10.9. The topological polar surface area (TPSA) is 45.6 Å². The molecule has 158 valence electrons. The van der Waals surface area contributed by atoms with Gasteiger partial charge in [0.1, 0.15) is 0 Å². The highest BCUT2D eigenvalue weighted by atomic mass is 16.2. The Labute approximate surface area is 188 Å². The highest BCUT2D eigenvalue weighted by Gasteiger charge is 2.33. The third kappa shape index (κ3) is 3.48. The molecule has 0 fully saturated rings. The monoisotopic (exact) mass is 419 g/mol. The van der Waals surface area contributed by atoms with Crippen molar-refractivity contribution in [1.29, 1.82) is 0 Å². The Hall–Kier alpha value is -3.79. The van der Waals surface area contributed by atoms with Crippen LogP contribution in [0.5, 0.6) is 0 Å². The normalized spacial score (nSPS) is 15.8. The van der Waals surface area contributed by atoms with Crippen molar-refractivity contribution in [2.75, 3.05) is 0 Å². The molecule has 0 spiro atoms. The summed E-state index contributed by atoms with van der Waals surface area (Å²) in [5.74, 6) is -0.0572. The lowest BCUT2D eigenvalue weighted by atomic mass is 9.89. The summed E-state index contributed by atoms with van der Waals surface area (Å²) in [6.07, 6.45) is 0.656. The van der Waals surface area contributed by atoms with Crippen LogP contribution in [0.15, 0.2) is 84.0 Å². The summed E-state index contributed by atoms with van der Waals surface area (Å²) in [6, 6.07) is 26.9. The summed E-state index contributed by atoms with van der Waals surface area (Å²) in [6.45, 7) is 5.69. The fourth-order valence-electron chi connectivity index (χ4n) is 4.59. The Bertz CT molecular complexity index is 1340. The Morgan fingerprint density at radius 1 is 0.875 bits per heavy atom. The van der Waals surface area contributed by atoms with Crippen molar-refractivity contribution < 1.29 is 4.79 Å². The van der Waals surface area contributed by atoms with E-state index in [-0.39, 0.29) is 11.9 Å². The SMILES string of the molecule is CC(=O)N1N=C(c2c(C)nc3ccccc3c2-c2ccccc2)CC1c1ccc(C)cc1. The molecular weight excluding hydrogens is 394 g/mol. The maximum Gasteiger partial charge on any atom is 0.240 e. The molecule has 1 unspecified atom stereocenters. The first-order chi connectivity index (χ1) is 15.5. The Morgan fingerprint density at radius 3 is 2.28 bits per heavy atom. The van der Waals surface area contributed by atoms with Crippen molar-refractivity contribution in [3.8, 4) is 11.1 Å². The number of hydrogen-bond donors (Lipinski definition) is 0. The predicted molar refractivity (Wildman–Crippen MR) is 130 cm³/mol. The van der Waals surface area contributed by atoms with E-state index >= 15 is 0 Å². The molecule has 5 rings (SSSR count). The maximum atomic E-state index is 12.5. The molecule has 4 nitrogen and oxygen atoms in total. The van der Waals surface area contributed by atoms with Crippen LogP contribution in [0, 0.1) is 13.8 Å². The molecule has 32 heavy (non-hydrogen) atoms. The van der Waals surface area contributed by atoms with E-state index in [0.717, 1.165) is 44.6 Å². The van der Waals surface area contributed by atoms with Crippen LogP contribution >= 0.6 is 0 Å². The number of fused-ring (bicyclic) bond motifs is 1. The summed E-state index contributed by atoms with van der Waals surface area (Å²) in [7, 11) is 0. The lowest BCUT2D eigenvalue weighted by Crippen LogP contribution is -2.24. The second-order valence-electron chi connectivity index (χ2n) is 8.37. The van der Waals surface area contributed by atoms with E-state index in [2.05, 4.69) is 61.5 Å². The molecule has 0 radical (unpaired) electrons. The van der Waals surface area contributed by atoms with E-state index in [1.54, 1.807) is 11.9 Å². The van der Waals surface area contributed by atoms with E-state index in [9.17, 15) is 4.79 Å². The van der Waals surface area contributed by atoms with Gasteiger partial charge in [-0.3, -0.25) is 9.78 Å². The van der Waals surface area contributed by atoms with Gasteiger partial charge in [0, 0.05) is 35.6 Å². The lowest BCUT2D eigenvalue weighted by molar-refractivity contribution is -0.130. The number of aryl methyl sites for hydroxylation is 2. The standard InChI is InChI=1S/C28H25N3O/c1-18-13-15-21(16-14-18)26-17-25(30-31(26)20(3)32)27-19(2)29-24-12-8-7-11-23(24)28(27)22-9-5-4-6-10-22/h4-16,26H,17H2,1-3H3. The number of para-hydroxylation sites is 1. The zero-order valence-electron chi connectivity index (χ0n) is 18.5. The number of amides is 1. The smallest absolute Gasteiger partial charge is 0.240 e. The van der Waals surface area contributed by atoms with E-state index in [1.807, 2.05) is 31.2 Å². The summed E-state index contributed by atoms with van der Waals surface area (Å²) in [5.41, 5.74) is 8.36. The van der Waals surface area contributed by atoms with Gasteiger partial charge in [0.2, 0.25) is 5.91 Å². The molecular formula is C28H25N3O. The number of rotatable bonds is 3. The van der Waals surface area contributed by atoms with Crippen LogP contribution in [-0.4, -0.2) is 21.6 Å². The number of pyridine rings is 1.